The third-order valence-electron chi connectivity index (χ3n) is 2.23. The molecule has 90 valence electrons. The number of pyridine rings is 1. The number of carbonyl (C=O) groups is 1. The Morgan fingerprint density at radius 1 is 1.17 bits per heavy atom. The van der Waals surface area contributed by atoms with Gasteiger partial charge in [0, 0.05) is 11.6 Å². The Kier molecular flexibility index (Phi) is 3.29. The van der Waals surface area contributed by atoms with Crippen LogP contribution in [-0.4, -0.2) is 15.8 Å². The van der Waals surface area contributed by atoms with E-state index in [4.69, 9.17) is 0 Å². The number of anilines is 1. The number of nitrogens with zero attached hydrogens (tertiary/aromatic N) is 2. The van der Waals surface area contributed by atoms with Gasteiger partial charge >= 0.3 is 5.82 Å². The van der Waals surface area contributed by atoms with Crippen LogP contribution in [0.15, 0.2) is 48.7 Å². The molecule has 6 nitrogen and oxygen atoms in total. The van der Waals surface area contributed by atoms with Crippen LogP contribution in [0, 0.1) is 10.1 Å². The second-order valence-corrected chi connectivity index (χ2v) is 3.48. The molecule has 0 radical (unpaired) electrons. The molecule has 1 heterocycles. The molecule has 1 N–H and O–H groups in total. The fraction of sp³-hybridized carbons (Fsp3) is 0. The maximum absolute atomic E-state index is 11.8. The largest absolute Gasteiger partial charge is 0.363 e. The van der Waals surface area contributed by atoms with Gasteiger partial charge in [0.05, 0.1) is 5.69 Å². The number of amides is 1. The summed E-state index contributed by atoms with van der Waals surface area (Å²) in [7, 11) is 0. The number of hydrogen-bond donors (Lipinski definition) is 1. The molecule has 0 aliphatic rings. The Morgan fingerprint density at radius 3 is 2.44 bits per heavy atom. The van der Waals surface area contributed by atoms with Gasteiger partial charge in [-0.1, -0.05) is 18.2 Å². The van der Waals surface area contributed by atoms with Crippen LogP contribution < -0.4 is 5.32 Å². The Labute approximate surface area is 102 Å². The highest BCUT2D eigenvalue weighted by molar-refractivity contribution is 6.04. The number of nitrogens with one attached hydrogen (secondary N) is 1. The van der Waals surface area contributed by atoms with Gasteiger partial charge in [0.2, 0.25) is 0 Å². The smallest absolute Gasteiger partial charge is 0.358 e. The second kappa shape index (κ2) is 5.05. The normalized spacial score (nSPS) is 9.78. The van der Waals surface area contributed by atoms with Crippen LogP contribution in [0.2, 0.25) is 0 Å². The van der Waals surface area contributed by atoms with E-state index in [0.717, 1.165) is 0 Å². The fourth-order valence-corrected chi connectivity index (χ4v) is 1.36. The van der Waals surface area contributed by atoms with Gasteiger partial charge in [0.25, 0.3) is 5.91 Å². The molecule has 0 saturated carbocycles. The predicted octanol–water partition coefficient (Wildman–Crippen LogP) is 2.24. The molecule has 0 bridgehead atoms. The van der Waals surface area contributed by atoms with Crippen molar-refractivity contribution in [2.75, 3.05) is 5.32 Å². The van der Waals surface area contributed by atoms with E-state index in [0.29, 0.717) is 11.3 Å². The molecule has 6 heteroatoms. The van der Waals surface area contributed by atoms with Crippen molar-refractivity contribution >= 4 is 17.4 Å². The summed E-state index contributed by atoms with van der Waals surface area (Å²) in [4.78, 5) is 25.2. The van der Waals surface area contributed by atoms with Crippen LogP contribution in [0.1, 0.15) is 10.4 Å². The van der Waals surface area contributed by atoms with Gasteiger partial charge in [0.15, 0.2) is 6.20 Å². The van der Waals surface area contributed by atoms with Crippen LogP contribution in [0.25, 0.3) is 0 Å². The molecule has 0 saturated heterocycles. The number of hydrogen-bond acceptors (Lipinski definition) is 4. The standard InChI is InChI=1S/C12H9N3O3/c16-12(9-4-2-1-3-5-9)14-10-6-7-11(13-8-10)15(17)18/h1-8H,(H,14,16). The molecular weight excluding hydrogens is 234 g/mol. The van der Waals surface area contributed by atoms with E-state index < -0.39 is 4.92 Å². The molecule has 1 amide bonds. The van der Waals surface area contributed by atoms with Crippen LogP contribution in [0.4, 0.5) is 11.5 Å². The lowest BCUT2D eigenvalue weighted by atomic mass is 10.2. The highest BCUT2D eigenvalue weighted by atomic mass is 16.6. The third-order valence-corrected chi connectivity index (χ3v) is 2.23. The van der Waals surface area contributed by atoms with Gasteiger partial charge in [-0.3, -0.25) is 4.79 Å². The van der Waals surface area contributed by atoms with Crippen molar-refractivity contribution in [1.82, 2.24) is 4.98 Å². The summed E-state index contributed by atoms with van der Waals surface area (Å²) in [5, 5.41) is 13.0. The summed E-state index contributed by atoms with van der Waals surface area (Å²) in [6, 6.07) is 11.3. The number of rotatable bonds is 3. The van der Waals surface area contributed by atoms with Crippen molar-refractivity contribution in [1.29, 1.82) is 0 Å². The van der Waals surface area contributed by atoms with Gasteiger partial charge in [-0.25, -0.2) is 0 Å². The van der Waals surface area contributed by atoms with Gasteiger partial charge in [-0.2, -0.15) is 0 Å². The SMILES string of the molecule is O=C(Nc1ccc([N+](=O)[O-])nc1)c1ccccc1. The quantitative estimate of drug-likeness (QED) is 0.661. The Morgan fingerprint density at radius 2 is 1.89 bits per heavy atom. The van der Waals surface area contributed by atoms with Gasteiger partial charge in [-0.15, -0.1) is 0 Å². The van der Waals surface area contributed by atoms with E-state index in [1.807, 2.05) is 6.07 Å². The maximum Gasteiger partial charge on any atom is 0.363 e. The van der Waals surface area contributed by atoms with Gasteiger partial charge in [0.1, 0.15) is 0 Å². The fourth-order valence-electron chi connectivity index (χ4n) is 1.36. The summed E-state index contributed by atoms with van der Waals surface area (Å²) >= 11 is 0. The van der Waals surface area contributed by atoms with Crippen molar-refractivity contribution in [2.45, 2.75) is 0 Å². The minimum Gasteiger partial charge on any atom is -0.358 e. The lowest BCUT2D eigenvalue weighted by Crippen LogP contribution is -2.11. The maximum atomic E-state index is 11.8. The van der Waals surface area contributed by atoms with E-state index in [9.17, 15) is 14.9 Å². The topological polar surface area (TPSA) is 85.1 Å². The molecule has 2 rings (SSSR count). The third kappa shape index (κ3) is 2.67. The zero-order chi connectivity index (χ0) is 13.0. The molecule has 18 heavy (non-hydrogen) atoms. The summed E-state index contributed by atoms with van der Waals surface area (Å²) < 4.78 is 0. The number of nitro groups is 1. The van der Waals surface area contributed by atoms with E-state index in [-0.39, 0.29) is 11.7 Å². The van der Waals surface area contributed by atoms with E-state index in [1.54, 1.807) is 24.3 Å². The van der Waals surface area contributed by atoms with Gasteiger partial charge < -0.3 is 15.4 Å². The molecule has 0 atom stereocenters. The minimum absolute atomic E-state index is 0.257. The predicted molar refractivity (Wildman–Crippen MR) is 65.3 cm³/mol. The Balaban J connectivity index is 2.10. The monoisotopic (exact) mass is 243 g/mol. The summed E-state index contributed by atoms with van der Waals surface area (Å²) in [5.74, 6) is -0.543. The van der Waals surface area contributed by atoms with Crippen molar-refractivity contribution < 1.29 is 9.72 Å². The molecular formula is C12H9N3O3. The average Bonchev–Trinajstić information content (AvgIpc) is 2.40. The van der Waals surface area contributed by atoms with Crippen molar-refractivity contribution in [2.24, 2.45) is 0 Å². The highest BCUT2D eigenvalue weighted by Gasteiger charge is 2.09. The molecule has 0 spiro atoms. The first-order valence-electron chi connectivity index (χ1n) is 5.13. The molecule has 2 aromatic rings. The van der Waals surface area contributed by atoms with E-state index in [1.165, 1.54) is 18.3 Å². The molecule has 1 aromatic heterocycles. The second-order valence-electron chi connectivity index (χ2n) is 3.48. The van der Waals surface area contributed by atoms with Crippen molar-refractivity contribution in [3.8, 4) is 0 Å². The van der Waals surface area contributed by atoms with Crippen LogP contribution in [0.3, 0.4) is 0 Å². The van der Waals surface area contributed by atoms with Gasteiger partial charge in [-0.05, 0) is 28.1 Å². The number of benzene rings is 1. The lowest BCUT2D eigenvalue weighted by Gasteiger charge is -2.02. The molecule has 0 aliphatic carbocycles. The number of carbonyl (C=O) groups excluding carboxylic acids is 1. The van der Waals surface area contributed by atoms with E-state index in [2.05, 4.69) is 10.3 Å². The lowest BCUT2D eigenvalue weighted by molar-refractivity contribution is -0.389. The van der Waals surface area contributed by atoms with Crippen LogP contribution in [0.5, 0.6) is 0 Å². The zero-order valence-electron chi connectivity index (χ0n) is 9.24. The summed E-state index contributed by atoms with van der Waals surface area (Å²) in [6.45, 7) is 0. The molecule has 0 aliphatic heterocycles. The molecule has 0 unspecified atom stereocenters. The Bertz CT molecular complexity index is 567. The Hall–Kier alpha value is -2.76. The first-order valence-corrected chi connectivity index (χ1v) is 5.13. The summed E-state index contributed by atoms with van der Waals surface area (Å²) in [6.07, 6.45) is 1.25. The average molecular weight is 243 g/mol. The summed E-state index contributed by atoms with van der Waals surface area (Å²) in [5.41, 5.74) is 0.922. The highest BCUT2D eigenvalue weighted by Crippen LogP contribution is 2.12. The van der Waals surface area contributed by atoms with E-state index >= 15 is 0 Å². The molecule has 1 aromatic carbocycles. The van der Waals surface area contributed by atoms with Crippen molar-refractivity contribution in [3.63, 3.8) is 0 Å². The number of aromatic nitrogens is 1. The first kappa shape index (κ1) is 11.7. The zero-order valence-corrected chi connectivity index (χ0v) is 9.24. The van der Waals surface area contributed by atoms with Crippen LogP contribution in [-0.2, 0) is 0 Å². The van der Waals surface area contributed by atoms with Crippen LogP contribution >= 0.6 is 0 Å². The molecule has 0 fully saturated rings. The minimum atomic E-state index is -0.594. The first-order chi connectivity index (χ1) is 8.66. The van der Waals surface area contributed by atoms with Crippen molar-refractivity contribution in [3.05, 3.63) is 64.3 Å².